The maximum absolute atomic E-state index is 12.6. The van der Waals surface area contributed by atoms with Gasteiger partial charge in [-0.1, -0.05) is 30.3 Å². The molecular weight excluding hydrogens is 420 g/mol. The molecule has 1 amide bonds. The van der Waals surface area contributed by atoms with Crippen molar-refractivity contribution in [1.82, 2.24) is 9.55 Å². The molecule has 166 valence electrons. The molecule has 2 N–H and O–H groups in total. The second kappa shape index (κ2) is 9.32. The van der Waals surface area contributed by atoms with Crippen molar-refractivity contribution in [2.75, 3.05) is 11.9 Å². The molecule has 0 bridgehead atoms. The molecule has 0 aliphatic rings. The van der Waals surface area contributed by atoms with E-state index in [9.17, 15) is 14.9 Å². The average molecular weight is 442 g/mol. The fourth-order valence-corrected chi connectivity index (χ4v) is 3.65. The summed E-state index contributed by atoms with van der Waals surface area (Å²) in [4.78, 5) is 28.2. The van der Waals surface area contributed by atoms with Gasteiger partial charge in [-0.2, -0.15) is 5.26 Å². The molecule has 0 unspecified atom stereocenters. The number of esters is 1. The molecule has 4 rings (SSSR count). The van der Waals surface area contributed by atoms with E-state index in [1.807, 2.05) is 50.2 Å². The van der Waals surface area contributed by atoms with E-state index in [1.54, 1.807) is 23.1 Å². The Morgan fingerprint density at radius 3 is 2.64 bits per heavy atom. The van der Waals surface area contributed by atoms with Crippen LogP contribution in [-0.4, -0.2) is 28.0 Å². The lowest BCUT2D eigenvalue weighted by Gasteiger charge is -2.12. The first-order valence-corrected chi connectivity index (χ1v) is 10.3. The number of furan rings is 1. The highest BCUT2D eigenvalue weighted by molar-refractivity contribution is 5.99. The van der Waals surface area contributed by atoms with Gasteiger partial charge in [-0.3, -0.25) is 4.79 Å². The summed E-state index contributed by atoms with van der Waals surface area (Å²) >= 11 is 0. The van der Waals surface area contributed by atoms with Crippen molar-refractivity contribution < 1.29 is 18.7 Å². The minimum atomic E-state index is -0.621. The Bertz CT molecular complexity index is 1320. The Kier molecular flexibility index (Phi) is 6.13. The third-order valence-electron chi connectivity index (χ3n) is 5.48. The van der Waals surface area contributed by atoms with Crippen molar-refractivity contribution in [3.8, 4) is 17.2 Å². The molecule has 0 saturated heterocycles. The van der Waals surface area contributed by atoms with Gasteiger partial charge in [-0.15, -0.1) is 0 Å². The summed E-state index contributed by atoms with van der Waals surface area (Å²) in [5.74, 6) is -0.143. The molecule has 0 aliphatic heterocycles. The van der Waals surface area contributed by atoms with Gasteiger partial charge < -0.3 is 24.0 Å². The number of nitrogens with zero attached hydrogens (tertiary/aromatic N) is 2. The number of aromatic amines is 1. The summed E-state index contributed by atoms with van der Waals surface area (Å²) in [7, 11) is 0. The number of hydrogen-bond acceptors (Lipinski definition) is 5. The molecule has 3 heterocycles. The zero-order chi connectivity index (χ0) is 23.4. The third kappa shape index (κ3) is 4.43. The van der Waals surface area contributed by atoms with Gasteiger partial charge in [0.1, 0.15) is 17.6 Å². The van der Waals surface area contributed by atoms with Crippen LogP contribution in [0.5, 0.6) is 0 Å². The Labute approximate surface area is 190 Å². The molecule has 3 aromatic heterocycles. The summed E-state index contributed by atoms with van der Waals surface area (Å²) in [6, 6.07) is 15.1. The second-order valence-corrected chi connectivity index (χ2v) is 7.48. The van der Waals surface area contributed by atoms with Crippen LogP contribution in [-0.2, 0) is 16.1 Å². The maximum Gasteiger partial charge on any atom is 0.340 e. The monoisotopic (exact) mass is 442 g/mol. The average Bonchev–Trinajstić information content (AvgIpc) is 3.56. The Balaban J connectivity index is 1.48. The maximum atomic E-state index is 12.6. The van der Waals surface area contributed by atoms with Crippen molar-refractivity contribution >= 4 is 17.7 Å². The Hall–Kier alpha value is -4.51. The van der Waals surface area contributed by atoms with Crippen LogP contribution in [0.1, 0.15) is 32.9 Å². The summed E-state index contributed by atoms with van der Waals surface area (Å²) < 4.78 is 12.5. The van der Waals surface area contributed by atoms with Crippen LogP contribution in [0.2, 0.25) is 0 Å². The van der Waals surface area contributed by atoms with E-state index in [0.717, 1.165) is 16.8 Å². The zero-order valence-corrected chi connectivity index (χ0v) is 18.2. The minimum Gasteiger partial charge on any atom is -0.467 e. The predicted molar refractivity (Wildman–Crippen MR) is 122 cm³/mol. The minimum absolute atomic E-state index is 0.333. The van der Waals surface area contributed by atoms with E-state index in [2.05, 4.69) is 16.4 Å². The van der Waals surface area contributed by atoms with Crippen molar-refractivity contribution in [2.24, 2.45) is 0 Å². The lowest BCUT2D eigenvalue weighted by atomic mass is 10.1. The van der Waals surface area contributed by atoms with Gasteiger partial charge in [0.05, 0.1) is 23.9 Å². The number of carbonyl (C=O) groups excluding carboxylic acids is 2. The van der Waals surface area contributed by atoms with Gasteiger partial charge in [-0.25, -0.2) is 4.79 Å². The molecule has 4 aromatic rings. The number of hydrogen-bond donors (Lipinski definition) is 2. The SMILES string of the molecule is Cc1c(C#N)c(NC(=O)COC(=O)c2c[nH]cc2-c2ccccc2)n(Cc2ccco2)c1C. The fourth-order valence-electron chi connectivity index (χ4n) is 3.65. The van der Waals surface area contributed by atoms with Crippen molar-refractivity contribution in [1.29, 1.82) is 5.26 Å². The molecule has 0 saturated carbocycles. The van der Waals surface area contributed by atoms with Gasteiger partial charge in [0.15, 0.2) is 6.61 Å². The topological polar surface area (TPSA) is 113 Å². The first-order chi connectivity index (χ1) is 16.0. The van der Waals surface area contributed by atoms with Crippen LogP contribution in [0.25, 0.3) is 11.1 Å². The summed E-state index contributed by atoms with van der Waals surface area (Å²) in [6.07, 6.45) is 4.81. The smallest absolute Gasteiger partial charge is 0.340 e. The number of aromatic nitrogens is 2. The number of benzene rings is 1. The van der Waals surface area contributed by atoms with Crippen LogP contribution in [0.4, 0.5) is 5.82 Å². The van der Waals surface area contributed by atoms with Crippen LogP contribution in [0.3, 0.4) is 0 Å². The van der Waals surface area contributed by atoms with Gasteiger partial charge in [0.2, 0.25) is 0 Å². The zero-order valence-electron chi connectivity index (χ0n) is 18.2. The molecule has 0 aliphatic carbocycles. The predicted octanol–water partition coefficient (Wildman–Crippen LogP) is 4.41. The molecule has 0 spiro atoms. The van der Waals surface area contributed by atoms with E-state index in [0.29, 0.717) is 34.8 Å². The number of ether oxygens (including phenoxy) is 1. The molecular formula is C25H22N4O4. The van der Waals surface area contributed by atoms with Gasteiger partial charge >= 0.3 is 5.97 Å². The lowest BCUT2D eigenvalue weighted by Crippen LogP contribution is -2.23. The van der Waals surface area contributed by atoms with E-state index >= 15 is 0 Å². The highest BCUT2D eigenvalue weighted by atomic mass is 16.5. The van der Waals surface area contributed by atoms with Gasteiger partial charge in [0, 0.05) is 23.7 Å². The molecule has 0 radical (unpaired) electrons. The Morgan fingerprint density at radius 2 is 1.94 bits per heavy atom. The van der Waals surface area contributed by atoms with E-state index < -0.39 is 18.5 Å². The lowest BCUT2D eigenvalue weighted by molar-refractivity contribution is -0.119. The van der Waals surface area contributed by atoms with E-state index in [1.165, 1.54) is 6.20 Å². The number of H-pyrrole nitrogens is 1. The first-order valence-electron chi connectivity index (χ1n) is 10.3. The van der Waals surface area contributed by atoms with Gasteiger partial charge in [0.25, 0.3) is 5.91 Å². The molecule has 8 heteroatoms. The molecule has 33 heavy (non-hydrogen) atoms. The molecule has 0 fully saturated rings. The molecule has 0 atom stereocenters. The highest BCUT2D eigenvalue weighted by Gasteiger charge is 2.22. The van der Waals surface area contributed by atoms with E-state index in [4.69, 9.17) is 9.15 Å². The van der Waals surface area contributed by atoms with Crippen molar-refractivity contribution in [3.63, 3.8) is 0 Å². The second-order valence-electron chi connectivity index (χ2n) is 7.48. The standard InChI is InChI=1S/C25H22N4O4/c1-16-17(2)29(14-19-9-6-10-32-19)24(20(16)11-26)28-23(30)15-33-25(31)22-13-27-12-21(22)18-7-4-3-5-8-18/h3-10,12-13,27H,14-15H2,1-2H3,(H,28,30). The Morgan fingerprint density at radius 1 is 1.15 bits per heavy atom. The number of nitrogens with one attached hydrogen (secondary N) is 2. The molecule has 1 aromatic carbocycles. The summed E-state index contributed by atoms with van der Waals surface area (Å²) in [5, 5.41) is 12.4. The first kappa shape index (κ1) is 21.7. The van der Waals surface area contributed by atoms with Crippen LogP contribution in [0, 0.1) is 25.2 Å². The number of amides is 1. The van der Waals surface area contributed by atoms with E-state index in [-0.39, 0.29) is 0 Å². The van der Waals surface area contributed by atoms with Gasteiger partial charge in [-0.05, 0) is 37.1 Å². The normalized spacial score (nSPS) is 10.6. The summed E-state index contributed by atoms with van der Waals surface area (Å²) in [6.45, 7) is 3.54. The fraction of sp³-hybridized carbons (Fsp3) is 0.160. The third-order valence-corrected chi connectivity index (χ3v) is 5.48. The highest BCUT2D eigenvalue weighted by Crippen LogP contribution is 2.28. The van der Waals surface area contributed by atoms with Crippen LogP contribution in [0.15, 0.2) is 65.5 Å². The number of rotatable bonds is 7. The summed E-state index contributed by atoms with van der Waals surface area (Å²) in [5.41, 5.74) is 3.82. The van der Waals surface area contributed by atoms with Crippen LogP contribution >= 0.6 is 0 Å². The number of nitriles is 1. The largest absolute Gasteiger partial charge is 0.467 e. The quantitative estimate of drug-likeness (QED) is 0.412. The molecule has 8 nitrogen and oxygen atoms in total. The van der Waals surface area contributed by atoms with Crippen LogP contribution < -0.4 is 5.32 Å². The van der Waals surface area contributed by atoms with Crippen molar-refractivity contribution in [3.05, 3.63) is 89.3 Å². The number of carbonyl (C=O) groups is 2. The van der Waals surface area contributed by atoms with Crippen molar-refractivity contribution in [2.45, 2.75) is 20.4 Å². The number of anilines is 1.